The van der Waals surface area contributed by atoms with Crippen LogP contribution in [0, 0.1) is 10.1 Å². The maximum absolute atomic E-state index is 10.6. The Balaban J connectivity index is 1.76. The number of hydrogen-bond donors (Lipinski definition) is 0. The summed E-state index contributed by atoms with van der Waals surface area (Å²) in [7, 11) is 0. The van der Waals surface area contributed by atoms with Crippen LogP contribution in [-0.4, -0.2) is 4.92 Å². The highest BCUT2D eigenvalue weighted by Crippen LogP contribution is 2.25. The quantitative estimate of drug-likeness (QED) is 0.414. The Hall–Kier alpha value is -3.60. The standard InChI is InChI=1S/C22H19NO4/c24-23(25)12-11-20-13-21(26-16-18-7-3-1-4-8-18)15-22(14-20)27-17-19-9-5-2-6-10-19/h1-15H,16-17H2/b12-11-. The smallest absolute Gasteiger partial charge is 0.235 e. The number of ether oxygens (including phenoxy) is 2. The van der Waals surface area contributed by atoms with Crippen LogP contribution in [0.4, 0.5) is 0 Å². The maximum atomic E-state index is 10.6. The van der Waals surface area contributed by atoms with Gasteiger partial charge < -0.3 is 9.47 Å². The number of rotatable bonds is 8. The summed E-state index contributed by atoms with van der Waals surface area (Å²) in [4.78, 5) is 10.1. The first-order chi connectivity index (χ1) is 13.2. The number of nitro groups is 1. The van der Waals surface area contributed by atoms with Crippen LogP contribution in [0.2, 0.25) is 0 Å². The molecule has 0 unspecified atom stereocenters. The van der Waals surface area contributed by atoms with Crippen LogP contribution in [-0.2, 0) is 13.2 Å². The predicted molar refractivity (Wildman–Crippen MR) is 104 cm³/mol. The molecule has 0 radical (unpaired) electrons. The first-order valence-electron chi connectivity index (χ1n) is 8.49. The lowest BCUT2D eigenvalue weighted by molar-refractivity contribution is -0.400. The molecule has 0 spiro atoms. The Bertz CT molecular complexity index is 846. The van der Waals surface area contributed by atoms with Crippen LogP contribution >= 0.6 is 0 Å². The number of benzene rings is 3. The third kappa shape index (κ3) is 6.01. The minimum absolute atomic E-state index is 0.404. The van der Waals surface area contributed by atoms with Gasteiger partial charge in [-0.1, -0.05) is 60.7 Å². The second-order valence-corrected chi connectivity index (χ2v) is 5.89. The summed E-state index contributed by atoms with van der Waals surface area (Å²) in [6.07, 6.45) is 2.32. The molecule has 5 nitrogen and oxygen atoms in total. The molecule has 3 aromatic carbocycles. The Morgan fingerprint density at radius 2 is 1.26 bits per heavy atom. The molecule has 0 heterocycles. The Morgan fingerprint density at radius 1 is 0.778 bits per heavy atom. The summed E-state index contributed by atoms with van der Waals surface area (Å²) >= 11 is 0. The van der Waals surface area contributed by atoms with Gasteiger partial charge in [0.15, 0.2) is 0 Å². The van der Waals surface area contributed by atoms with Crippen molar-refractivity contribution in [3.63, 3.8) is 0 Å². The van der Waals surface area contributed by atoms with Crippen molar-refractivity contribution in [2.24, 2.45) is 0 Å². The molecular formula is C22H19NO4. The number of nitrogens with zero attached hydrogens (tertiary/aromatic N) is 1. The van der Waals surface area contributed by atoms with Crippen molar-refractivity contribution >= 4 is 6.08 Å². The van der Waals surface area contributed by atoms with E-state index in [-0.39, 0.29) is 0 Å². The highest BCUT2D eigenvalue weighted by Gasteiger charge is 2.04. The molecular weight excluding hydrogens is 342 g/mol. The van der Waals surface area contributed by atoms with E-state index < -0.39 is 4.92 Å². The van der Waals surface area contributed by atoms with Gasteiger partial charge in [0.05, 0.1) is 4.92 Å². The molecule has 0 amide bonds. The highest BCUT2D eigenvalue weighted by molar-refractivity contribution is 5.54. The van der Waals surface area contributed by atoms with Crippen LogP contribution < -0.4 is 9.47 Å². The normalized spacial score (nSPS) is 10.7. The van der Waals surface area contributed by atoms with Gasteiger partial charge in [0.25, 0.3) is 0 Å². The van der Waals surface area contributed by atoms with Crippen molar-refractivity contribution in [2.45, 2.75) is 13.2 Å². The lowest BCUT2D eigenvalue weighted by atomic mass is 10.2. The van der Waals surface area contributed by atoms with Gasteiger partial charge in [-0.05, 0) is 28.8 Å². The lowest BCUT2D eigenvalue weighted by Crippen LogP contribution is -1.98. The molecule has 0 atom stereocenters. The van der Waals surface area contributed by atoms with E-state index in [1.165, 1.54) is 6.08 Å². The Labute approximate surface area is 157 Å². The largest absolute Gasteiger partial charge is 0.489 e. The summed E-state index contributed by atoms with van der Waals surface area (Å²) in [5.74, 6) is 1.18. The second kappa shape index (κ2) is 9.20. The van der Waals surface area contributed by atoms with Gasteiger partial charge in [-0.25, -0.2) is 0 Å². The first kappa shape index (κ1) is 18.2. The van der Waals surface area contributed by atoms with Gasteiger partial charge in [-0.15, -0.1) is 0 Å². The molecule has 0 N–H and O–H groups in total. The van der Waals surface area contributed by atoms with Crippen LogP contribution in [0.3, 0.4) is 0 Å². The molecule has 5 heteroatoms. The average molecular weight is 361 g/mol. The third-order valence-electron chi connectivity index (χ3n) is 3.79. The fraction of sp³-hybridized carbons (Fsp3) is 0.0909. The van der Waals surface area contributed by atoms with Gasteiger partial charge in [-0.3, -0.25) is 10.1 Å². The van der Waals surface area contributed by atoms with Gasteiger partial charge in [0.1, 0.15) is 24.7 Å². The molecule has 3 aromatic rings. The molecule has 0 aliphatic rings. The minimum Gasteiger partial charge on any atom is -0.489 e. The van der Waals surface area contributed by atoms with Gasteiger partial charge in [-0.2, -0.15) is 0 Å². The molecule has 0 aromatic heterocycles. The topological polar surface area (TPSA) is 61.6 Å². The van der Waals surface area contributed by atoms with Crippen LogP contribution in [0.15, 0.2) is 85.1 Å². The minimum atomic E-state index is -0.498. The van der Waals surface area contributed by atoms with Crippen LogP contribution in [0.5, 0.6) is 11.5 Å². The molecule has 0 aliphatic heterocycles. The van der Waals surface area contributed by atoms with E-state index in [0.29, 0.717) is 30.3 Å². The van der Waals surface area contributed by atoms with E-state index in [1.807, 2.05) is 60.7 Å². The zero-order valence-corrected chi connectivity index (χ0v) is 14.7. The molecule has 27 heavy (non-hydrogen) atoms. The van der Waals surface area contributed by atoms with Crippen molar-refractivity contribution < 1.29 is 14.4 Å². The van der Waals surface area contributed by atoms with E-state index in [2.05, 4.69) is 0 Å². The highest BCUT2D eigenvalue weighted by atomic mass is 16.6. The van der Waals surface area contributed by atoms with Crippen molar-refractivity contribution in [2.75, 3.05) is 0 Å². The van der Waals surface area contributed by atoms with E-state index in [9.17, 15) is 10.1 Å². The first-order valence-corrected chi connectivity index (χ1v) is 8.49. The van der Waals surface area contributed by atoms with Crippen molar-refractivity contribution in [3.05, 3.63) is 112 Å². The van der Waals surface area contributed by atoms with E-state index in [1.54, 1.807) is 18.2 Å². The third-order valence-corrected chi connectivity index (χ3v) is 3.79. The second-order valence-electron chi connectivity index (χ2n) is 5.89. The lowest BCUT2D eigenvalue weighted by Gasteiger charge is -2.11. The molecule has 3 rings (SSSR count). The van der Waals surface area contributed by atoms with E-state index in [0.717, 1.165) is 17.3 Å². The van der Waals surface area contributed by atoms with Gasteiger partial charge in [0.2, 0.25) is 6.20 Å². The van der Waals surface area contributed by atoms with Crippen LogP contribution in [0.25, 0.3) is 6.08 Å². The number of hydrogen-bond acceptors (Lipinski definition) is 4. The monoisotopic (exact) mass is 361 g/mol. The van der Waals surface area contributed by atoms with E-state index >= 15 is 0 Å². The summed E-state index contributed by atoms with van der Waals surface area (Å²) in [6.45, 7) is 0.808. The maximum Gasteiger partial charge on any atom is 0.235 e. The molecule has 0 saturated carbocycles. The molecule has 0 saturated heterocycles. The molecule has 0 fully saturated rings. The zero-order chi connectivity index (χ0) is 18.9. The Morgan fingerprint density at radius 3 is 1.70 bits per heavy atom. The summed E-state index contributed by atoms with van der Waals surface area (Å²) < 4.78 is 11.7. The Kier molecular flexibility index (Phi) is 6.20. The fourth-order valence-corrected chi connectivity index (χ4v) is 2.49. The fourth-order valence-electron chi connectivity index (χ4n) is 2.49. The zero-order valence-electron chi connectivity index (χ0n) is 14.7. The summed E-state index contributed by atoms with van der Waals surface area (Å²) in [6, 6.07) is 24.9. The molecule has 0 aliphatic carbocycles. The summed E-state index contributed by atoms with van der Waals surface area (Å²) in [5, 5.41) is 10.6. The van der Waals surface area contributed by atoms with Crippen molar-refractivity contribution in [1.29, 1.82) is 0 Å². The van der Waals surface area contributed by atoms with Crippen molar-refractivity contribution in [3.8, 4) is 11.5 Å². The summed E-state index contributed by atoms with van der Waals surface area (Å²) in [5.41, 5.74) is 2.71. The SMILES string of the molecule is O=[N+]([O-])/C=C\c1cc(OCc2ccccc2)cc(OCc2ccccc2)c1. The average Bonchev–Trinajstić information content (AvgIpc) is 2.71. The predicted octanol–water partition coefficient (Wildman–Crippen LogP) is 5.09. The van der Waals surface area contributed by atoms with Gasteiger partial charge >= 0.3 is 0 Å². The van der Waals surface area contributed by atoms with E-state index in [4.69, 9.17) is 9.47 Å². The van der Waals surface area contributed by atoms with Gasteiger partial charge in [0, 0.05) is 12.1 Å². The molecule has 0 bridgehead atoms. The van der Waals surface area contributed by atoms with Crippen LogP contribution in [0.1, 0.15) is 16.7 Å². The molecule has 136 valence electrons. The van der Waals surface area contributed by atoms with Crippen molar-refractivity contribution in [1.82, 2.24) is 0 Å².